The number of nitrogens with zero attached hydrogens (tertiary/aromatic N) is 4. The molecule has 8 heteroatoms. The number of aromatic nitrogens is 4. The van der Waals surface area contributed by atoms with Crippen LogP contribution in [-0.4, -0.2) is 31.0 Å². The molecular formula is C11H14N6O2. The lowest BCUT2D eigenvalue weighted by atomic mass is 10.3. The fourth-order valence-corrected chi connectivity index (χ4v) is 1.34. The van der Waals surface area contributed by atoms with Crippen LogP contribution >= 0.6 is 0 Å². The molecule has 0 radical (unpaired) electrons. The number of aliphatic hydroxyl groups excluding tert-OH is 1. The molecule has 1 atom stereocenters. The number of carbonyl (C=O) groups is 1. The van der Waals surface area contributed by atoms with Gasteiger partial charge in [-0.1, -0.05) is 11.3 Å². The van der Waals surface area contributed by atoms with Gasteiger partial charge in [-0.3, -0.25) is 15.6 Å². The molecule has 2 heterocycles. The average Bonchev–Trinajstić information content (AvgIpc) is 2.86. The van der Waals surface area contributed by atoms with E-state index in [1.165, 1.54) is 10.9 Å². The van der Waals surface area contributed by atoms with Crippen molar-refractivity contribution in [2.24, 2.45) is 0 Å². The molecule has 2 rings (SSSR count). The summed E-state index contributed by atoms with van der Waals surface area (Å²) >= 11 is 0. The molecule has 2 aromatic rings. The highest BCUT2D eigenvalue weighted by Crippen LogP contribution is 2.05. The van der Waals surface area contributed by atoms with Crippen LogP contribution in [-0.2, 0) is 11.3 Å². The highest BCUT2D eigenvalue weighted by atomic mass is 16.3. The van der Waals surface area contributed by atoms with Crippen molar-refractivity contribution in [2.45, 2.75) is 19.6 Å². The van der Waals surface area contributed by atoms with Crippen LogP contribution in [0.5, 0.6) is 0 Å². The molecule has 0 bridgehead atoms. The van der Waals surface area contributed by atoms with Crippen LogP contribution < -0.4 is 10.9 Å². The quantitative estimate of drug-likeness (QED) is 0.648. The zero-order valence-electron chi connectivity index (χ0n) is 10.3. The van der Waals surface area contributed by atoms with Crippen LogP contribution in [0.4, 0.5) is 5.82 Å². The molecule has 0 spiro atoms. The number of nitrogens with one attached hydrogen (secondary N) is 2. The summed E-state index contributed by atoms with van der Waals surface area (Å²) < 4.78 is 1.34. The average molecular weight is 262 g/mol. The number of pyridine rings is 1. The molecule has 100 valence electrons. The minimum Gasteiger partial charge on any atom is -0.387 e. The second-order valence-electron chi connectivity index (χ2n) is 3.91. The van der Waals surface area contributed by atoms with Crippen LogP contribution in [0.1, 0.15) is 18.7 Å². The Morgan fingerprint density at radius 3 is 3.00 bits per heavy atom. The Bertz CT molecular complexity index is 539. The number of hydrogen-bond donors (Lipinski definition) is 3. The first-order valence-corrected chi connectivity index (χ1v) is 5.69. The van der Waals surface area contributed by atoms with Gasteiger partial charge in [0.2, 0.25) is 0 Å². The number of carbonyl (C=O) groups excluding carboxylic acids is 1. The van der Waals surface area contributed by atoms with Crippen molar-refractivity contribution >= 4 is 11.7 Å². The monoisotopic (exact) mass is 262 g/mol. The van der Waals surface area contributed by atoms with Gasteiger partial charge in [0.15, 0.2) is 0 Å². The van der Waals surface area contributed by atoms with Gasteiger partial charge in [0.1, 0.15) is 18.1 Å². The van der Waals surface area contributed by atoms with Crippen molar-refractivity contribution in [1.82, 2.24) is 25.4 Å². The lowest BCUT2D eigenvalue weighted by Crippen LogP contribution is -2.33. The minimum absolute atomic E-state index is 0.000443. The third-order valence-corrected chi connectivity index (χ3v) is 2.28. The molecule has 0 saturated carbocycles. The lowest BCUT2D eigenvalue weighted by Gasteiger charge is -2.06. The van der Waals surface area contributed by atoms with Gasteiger partial charge in [-0.25, -0.2) is 9.67 Å². The van der Waals surface area contributed by atoms with Crippen molar-refractivity contribution in [1.29, 1.82) is 0 Å². The third kappa shape index (κ3) is 3.75. The van der Waals surface area contributed by atoms with Crippen molar-refractivity contribution < 1.29 is 9.90 Å². The van der Waals surface area contributed by atoms with E-state index in [1.807, 2.05) is 0 Å². The highest BCUT2D eigenvalue weighted by molar-refractivity contribution is 5.76. The third-order valence-electron chi connectivity index (χ3n) is 2.28. The number of rotatable bonds is 5. The van der Waals surface area contributed by atoms with Gasteiger partial charge >= 0.3 is 0 Å². The number of aliphatic hydroxyl groups is 1. The number of hydrogen-bond acceptors (Lipinski definition) is 6. The smallest absolute Gasteiger partial charge is 0.260 e. The van der Waals surface area contributed by atoms with Crippen molar-refractivity contribution in [3.8, 4) is 0 Å². The van der Waals surface area contributed by atoms with Crippen molar-refractivity contribution in [3.05, 3.63) is 36.3 Å². The van der Waals surface area contributed by atoms with E-state index in [2.05, 4.69) is 26.1 Å². The van der Waals surface area contributed by atoms with Crippen LogP contribution in [0.25, 0.3) is 0 Å². The molecule has 3 N–H and O–H groups in total. The van der Waals surface area contributed by atoms with E-state index in [-0.39, 0.29) is 12.5 Å². The maximum absolute atomic E-state index is 11.6. The number of hydrazine groups is 1. The summed E-state index contributed by atoms with van der Waals surface area (Å²) in [5.41, 5.74) is 5.58. The normalized spacial score (nSPS) is 11.9. The van der Waals surface area contributed by atoms with E-state index in [9.17, 15) is 9.90 Å². The zero-order valence-corrected chi connectivity index (χ0v) is 10.3. The first kappa shape index (κ1) is 13.0. The van der Waals surface area contributed by atoms with Gasteiger partial charge in [0.05, 0.1) is 12.3 Å². The summed E-state index contributed by atoms with van der Waals surface area (Å²) in [7, 11) is 0. The molecule has 0 saturated heterocycles. The number of anilines is 1. The summed E-state index contributed by atoms with van der Waals surface area (Å²) in [6.45, 7) is 1.58. The molecule has 0 aliphatic heterocycles. The summed E-state index contributed by atoms with van der Waals surface area (Å²) in [6.07, 6.45) is 2.43. The Morgan fingerprint density at radius 2 is 2.37 bits per heavy atom. The van der Waals surface area contributed by atoms with Gasteiger partial charge in [0.25, 0.3) is 5.91 Å². The van der Waals surface area contributed by atoms with E-state index in [1.54, 1.807) is 31.3 Å². The van der Waals surface area contributed by atoms with Crippen LogP contribution in [0.2, 0.25) is 0 Å². The Hall–Kier alpha value is -2.48. The van der Waals surface area contributed by atoms with Crippen LogP contribution in [0.3, 0.4) is 0 Å². The lowest BCUT2D eigenvalue weighted by molar-refractivity contribution is -0.121. The molecule has 19 heavy (non-hydrogen) atoms. The van der Waals surface area contributed by atoms with Crippen molar-refractivity contribution in [2.75, 3.05) is 5.43 Å². The predicted molar refractivity (Wildman–Crippen MR) is 66.7 cm³/mol. The Kier molecular flexibility index (Phi) is 4.04. The second-order valence-corrected chi connectivity index (χ2v) is 3.91. The SMILES string of the molecule is CC(O)c1cn(CC(=O)NNc2ccccn2)nn1. The summed E-state index contributed by atoms with van der Waals surface area (Å²) in [6, 6.07) is 5.30. The van der Waals surface area contributed by atoms with E-state index in [0.29, 0.717) is 11.5 Å². The predicted octanol–water partition coefficient (Wildman–Crippen LogP) is -0.130. The molecular weight excluding hydrogens is 248 g/mol. The standard InChI is InChI=1S/C11H14N6O2/c1-8(18)9-6-17(16-13-9)7-11(19)15-14-10-4-2-3-5-12-10/h2-6,8,18H,7H2,1H3,(H,12,14)(H,15,19). The Morgan fingerprint density at radius 1 is 1.53 bits per heavy atom. The van der Waals surface area contributed by atoms with Crippen LogP contribution in [0.15, 0.2) is 30.6 Å². The first-order chi connectivity index (χ1) is 9.15. The first-order valence-electron chi connectivity index (χ1n) is 5.69. The van der Waals surface area contributed by atoms with Crippen molar-refractivity contribution in [3.63, 3.8) is 0 Å². The molecule has 1 unspecified atom stereocenters. The maximum atomic E-state index is 11.6. The van der Waals surface area contributed by atoms with Gasteiger partial charge in [-0.2, -0.15) is 0 Å². The van der Waals surface area contributed by atoms with Gasteiger partial charge in [-0.05, 0) is 19.1 Å². The summed E-state index contributed by atoms with van der Waals surface area (Å²) in [5, 5.41) is 16.8. The number of amides is 1. The molecule has 0 aromatic carbocycles. The van der Waals surface area contributed by atoms with E-state index in [0.717, 1.165) is 0 Å². The molecule has 0 aliphatic carbocycles. The Labute approximate surface area is 109 Å². The molecule has 2 aromatic heterocycles. The Balaban J connectivity index is 1.84. The van der Waals surface area contributed by atoms with E-state index >= 15 is 0 Å². The largest absolute Gasteiger partial charge is 0.387 e. The van der Waals surface area contributed by atoms with Gasteiger partial charge in [-0.15, -0.1) is 5.10 Å². The van der Waals surface area contributed by atoms with Crippen LogP contribution in [0, 0.1) is 0 Å². The minimum atomic E-state index is -0.705. The molecule has 1 amide bonds. The van der Waals surface area contributed by atoms with Gasteiger partial charge in [0, 0.05) is 6.20 Å². The maximum Gasteiger partial charge on any atom is 0.260 e. The second kappa shape index (κ2) is 5.91. The summed E-state index contributed by atoms with van der Waals surface area (Å²) in [5.74, 6) is 0.242. The van der Waals surface area contributed by atoms with E-state index < -0.39 is 6.10 Å². The van der Waals surface area contributed by atoms with Gasteiger partial charge < -0.3 is 5.11 Å². The summed E-state index contributed by atoms with van der Waals surface area (Å²) in [4.78, 5) is 15.6. The zero-order chi connectivity index (χ0) is 13.7. The molecule has 8 nitrogen and oxygen atoms in total. The fourth-order valence-electron chi connectivity index (χ4n) is 1.34. The van der Waals surface area contributed by atoms with E-state index in [4.69, 9.17) is 0 Å². The topological polar surface area (TPSA) is 105 Å². The molecule has 0 fully saturated rings. The fraction of sp³-hybridized carbons (Fsp3) is 0.273. The highest BCUT2D eigenvalue weighted by Gasteiger charge is 2.08. The molecule has 0 aliphatic rings.